The average molecular weight is 880 g/mol. The molecular formula is C56H39BrN4O2. The van der Waals surface area contributed by atoms with Gasteiger partial charge in [-0.25, -0.2) is 9.97 Å². The van der Waals surface area contributed by atoms with Crippen molar-refractivity contribution < 1.29 is 9.47 Å². The van der Waals surface area contributed by atoms with E-state index in [0.717, 1.165) is 96.5 Å². The Bertz CT molecular complexity index is 3610. The Morgan fingerprint density at radius 3 is 1.46 bits per heavy atom. The average Bonchev–Trinajstić information content (AvgIpc) is 3.92. The maximum atomic E-state index is 6.52. The molecule has 11 aromatic rings. The molecule has 2 aromatic heterocycles. The molecule has 0 unspecified atom stereocenters. The summed E-state index contributed by atoms with van der Waals surface area (Å²) in [6, 6.07) is 62.0. The zero-order valence-corrected chi connectivity index (χ0v) is 36.2. The molecule has 6 nitrogen and oxygen atoms in total. The first-order valence-electron chi connectivity index (χ1n) is 21.5. The van der Waals surface area contributed by atoms with Crippen LogP contribution in [0.4, 0.5) is 0 Å². The summed E-state index contributed by atoms with van der Waals surface area (Å²) in [6.07, 6.45) is 1.74. The van der Waals surface area contributed by atoms with E-state index in [2.05, 4.69) is 172 Å². The van der Waals surface area contributed by atoms with Crippen LogP contribution in [0.3, 0.4) is 0 Å². The van der Waals surface area contributed by atoms with E-state index in [9.17, 15) is 0 Å². The number of aryl methyl sites for hydroxylation is 2. The topological polar surface area (TPSA) is 54.1 Å². The highest BCUT2D eigenvalue weighted by molar-refractivity contribution is 9.10. The maximum Gasteiger partial charge on any atom is 0.153 e. The third-order valence-electron chi connectivity index (χ3n) is 12.3. The summed E-state index contributed by atoms with van der Waals surface area (Å²) >= 11 is 3.49. The number of hydrogen-bond donors (Lipinski definition) is 0. The van der Waals surface area contributed by atoms with E-state index in [0.29, 0.717) is 0 Å². The third kappa shape index (κ3) is 5.98. The highest BCUT2D eigenvalue weighted by Gasteiger charge is 2.26. The van der Waals surface area contributed by atoms with Crippen molar-refractivity contribution >= 4 is 59.5 Å². The molecule has 0 N–H and O–H groups in total. The monoisotopic (exact) mass is 878 g/mol. The van der Waals surface area contributed by atoms with Crippen LogP contribution in [0.15, 0.2) is 180 Å². The van der Waals surface area contributed by atoms with E-state index < -0.39 is 0 Å². The summed E-state index contributed by atoms with van der Waals surface area (Å²) < 4.78 is 18.0. The molecule has 0 bridgehead atoms. The number of nitrogens with zero attached hydrogens (tertiary/aromatic N) is 4. The molecule has 9 aromatic carbocycles. The van der Waals surface area contributed by atoms with Crippen molar-refractivity contribution in [1.29, 1.82) is 0 Å². The van der Waals surface area contributed by atoms with Crippen molar-refractivity contribution in [3.63, 3.8) is 0 Å². The Labute approximate surface area is 372 Å². The number of rotatable bonds is 5. The summed E-state index contributed by atoms with van der Waals surface area (Å²) in [5, 5.41) is 5.00. The molecule has 0 spiro atoms. The van der Waals surface area contributed by atoms with Gasteiger partial charge in [-0.2, -0.15) is 0 Å². The smallest absolute Gasteiger partial charge is 0.153 e. The van der Waals surface area contributed by atoms with Crippen LogP contribution in [0.2, 0.25) is 0 Å². The number of aromatic nitrogens is 4. The number of benzene rings is 9. The van der Waals surface area contributed by atoms with Crippen molar-refractivity contribution in [1.82, 2.24) is 19.1 Å². The largest absolute Gasteiger partial charge is 0.453 e. The minimum atomic E-state index is 0.847. The number of hydrogen-bond acceptors (Lipinski definition) is 4. The quantitative estimate of drug-likeness (QED) is 0.162. The second-order valence-electron chi connectivity index (χ2n) is 16.0. The lowest BCUT2D eigenvalue weighted by atomic mass is 9.85. The van der Waals surface area contributed by atoms with Crippen molar-refractivity contribution in [3.05, 3.63) is 192 Å². The van der Waals surface area contributed by atoms with E-state index in [1.165, 1.54) is 43.8 Å². The van der Waals surface area contributed by atoms with Gasteiger partial charge in [-0.15, -0.1) is 0 Å². The number of fused-ring (bicyclic) bond motifs is 6. The predicted octanol–water partition coefficient (Wildman–Crippen LogP) is 15.5. The molecule has 0 saturated heterocycles. The van der Waals surface area contributed by atoms with Gasteiger partial charge in [0, 0.05) is 17.3 Å². The number of para-hydroxylation sites is 2. The number of imidazole rings is 2. The zero-order chi connectivity index (χ0) is 42.2. The predicted molar refractivity (Wildman–Crippen MR) is 260 cm³/mol. The highest BCUT2D eigenvalue weighted by atomic mass is 79.9. The van der Waals surface area contributed by atoms with Crippen LogP contribution in [0.5, 0.6) is 23.0 Å². The highest BCUT2D eigenvalue weighted by Crippen LogP contribution is 2.47. The van der Waals surface area contributed by atoms with E-state index in [1.54, 1.807) is 0 Å². The second kappa shape index (κ2) is 14.9. The van der Waals surface area contributed by atoms with Gasteiger partial charge in [0.1, 0.15) is 22.7 Å². The Hall–Kier alpha value is -7.48. The SMILES string of the molecule is CCc1nc2cccc3c2n1-c1ccc(-c2ccc4c(-c5ccccc5)c5ccccc5c(-c5ccccc5)c4c2)cc1O3.CCc1nc2cccc3c2n1-c1ccc(Br)cc1O3. The summed E-state index contributed by atoms with van der Waals surface area (Å²) in [6.45, 7) is 4.28. The normalized spacial score (nSPS) is 12.1. The van der Waals surface area contributed by atoms with Gasteiger partial charge in [-0.3, -0.25) is 9.13 Å². The molecule has 63 heavy (non-hydrogen) atoms. The molecule has 0 aliphatic carbocycles. The molecule has 4 heterocycles. The van der Waals surface area contributed by atoms with Crippen LogP contribution >= 0.6 is 15.9 Å². The van der Waals surface area contributed by atoms with Crippen LogP contribution in [-0.2, 0) is 12.8 Å². The zero-order valence-electron chi connectivity index (χ0n) is 34.6. The van der Waals surface area contributed by atoms with Gasteiger partial charge in [0.05, 0.1) is 22.4 Å². The number of halogens is 1. The van der Waals surface area contributed by atoms with Gasteiger partial charge in [-0.1, -0.05) is 145 Å². The maximum absolute atomic E-state index is 6.52. The van der Waals surface area contributed by atoms with Crippen LogP contribution < -0.4 is 9.47 Å². The van der Waals surface area contributed by atoms with Crippen molar-refractivity contribution in [3.8, 4) is 67.8 Å². The van der Waals surface area contributed by atoms with Crippen molar-refractivity contribution in [2.24, 2.45) is 0 Å². The lowest BCUT2D eigenvalue weighted by Gasteiger charge is -2.22. The Balaban J connectivity index is 0.000000184. The minimum Gasteiger partial charge on any atom is -0.453 e. The minimum absolute atomic E-state index is 0.847. The van der Waals surface area contributed by atoms with E-state index in [-0.39, 0.29) is 0 Å². The molecule has 7 heteroatoms. The molecule has 0 radical (unpaired) electrons. The van der Waals surface area contributed by atoms with Crippen molar-refractivity contribution in [2.75, 3.05) is 0 Å². The molecule has 0 saturated carbocycles. The molecule has 0 fully saturated rings. The third-order valence-corrected chi connectivity index (χ3v) is 12.8. The first kappa shape index (κ1) is 37.3. The summed E-state index contributed by atoms with van der Waals surface area (Å²) in [5.74, 6) is 5.54. The molecule has 0 atom stereocenters. The van der Waals surface area contributed by atoms with Crippen LogP contribution in [0.25, 0.3) is 88.4 Å². The molecule has 13 rings (SSSR count). The Morgan fingerprint density at radius 2 is 0.889 bits per heavy atom. The molecule has 2 aliphatic rings. The standard InChI is InChI=1S/C41H28N2O.C15H11BrN2O/c1-2-38-42-34-18-11-19-36-41(34)43(38)35-23-21-29(25-37(35)44-36)28-20-22-32-33(24-28)40(27-14-7-4-8-15-27)31-17-10-9-16-30(31)39(32)26-12-5-3-6-13-26;1-2-14-17-10-4-3-5-12-15(10)18(14)11-7-6-9(16)8-13(11)19-12/h3-25H,2H2,1H3;3-8H,2H2,1H3. The van der Waals surface area contributed by atoms with Gasteiger partial charge in [-0.05, 0) is 116 Å². The van der Waals surface area contributed by atoms with Crippen LogP contribution in [0.1, 0.15) is 25.5 Å². The molecule has 2 aliphatic heterocycles. The van der Waals surface area contributed by atoms with E-state index >= 15 is 0 Å². The fourth-order valence-electron chi connectivity index (χ4n) is 9.59. The number of ether oxygens (including phenoxy) is 2. The fourth-order valence-corrected chi connectivity index (χ4v) is 9.93. The van der Waals surface area contributed by atoms with Gasteiger partial charge >= 0.3 is 0 Å². The first-order chi connectivity index (χ1) is 31.1. The fraction of sp³-hybridized carbons (Fsp3) is 0.0714. The summed E-state index contributed by atoms with van der Waals surface area (Å²) in [4.78, 5) is 9.59. The van der Waals surface area contributed by atoms with Crippen molar-refractivity contribution in [2.45, 2.75) is 26.7 Å². The summed E-state index contributed by atoms with van der Waals surface area (Å²) in [5.41, 5.74) is 13.4. The van der Waals surface area contributed by atoms with Gasteiger partial charge in [0.15, 0.2) is 23.0 Å². The molecule has 0 amide bonds. The van der Waals surface area contributed by atoms with Gasteiger partial charge < -0.3 is 9.47 Å². The Kier molecular flexibility index (Phi) is 8.80. The van der Waals surface area contributed by atoms with Gasteiger partial charge in [0.25, 0.3) is 0 Å². The Morgan fingerprint density at radius 1 is 0.413 bits per heavy atom. The second-order valence-corrected chi connectivity index (χ2v) is 16.9. The molecule has 302 valence electrons. The molecular weight excluding hydrogens is 841 g/mol. The van der Waals surface area contributed by atoms with Crippen LogP contribution in [0, 0.1) is 0 Å². The lowest BCUT2D eigenvalue weighted by molar-refractivity contribution is 0.474. The van der Waals surface area contributed by atoms with Gasteiger partial charge in [0.2, 0.25) is 0 Å². The lowest BCUT2D eigenvalue weighted by Crippen LogP contribution is -2.07. The van der Waals surface area contributed by atoms with Crippen LogP contribution in [-0.4, -0.2) is 19.1 Å². The van der Waals surface area contributed by atoms with E-state index in [4.69, 9.17) is 19.4 Å². The first-order valence-corrected chi connectivity index (χ1v) is 22.3. The van der Waals surface area contributed by atoms with E-state index in [1.807, 2.05) is 42.5 Å². The summed E-state index contributed by atoms with van der Waals surface area (Å²) in [7, 11) is 0.